The highest BCUT2D eigenvalue weighted by Crippen LogP contribution is 2.18. The second kappa shape index (κ2) is 10.7. The SMILES string of the molecule is C#CC#CC#CC#CC#CC#C[Si](CC)(CC)CC. The molecule has 0 bridgehead atoms. The van der Waals surface area contributed by atoms with E-state index in [9.17, 15) is 0 Å². The minimum atomic E-state index is -1.38. The van der Waals surface area contributed by atoms with E-state index in [0.717, 1.165) is 0 Å². The van der Waals surface area contributed by atoms with Crippen molar-refractivity contribution in [3.05, 3.63) is 0 Å². The standard InChI is InChI=1S/C18H16Si/c1-5-9-10-11-12-13-14-15-16-17-18-19(6-2,7-3)8-4/h1H,6-8H2,2-4H3. The number of terminal acetylenes is 1. The third-order valence-electron chi connectivity index (χ3n) is 2.93. The third-order valence-corrected chi connectivity index (χ3v) is 7.65. The van der Waals surface area contributed by atoms with Gasteiger partial charge in [-0.1, -0.05) is 20.8 Å². The van der Waals surface area contributed by atoms with E-state index in [1.807, 2.05) is 0 Å². The minimum Gasteiger partial charge on any atom is -0.117 e. The molecular weight excluding hydrogens is 244 g/mol. The van der Waals surface area contributed by atoms with Crippen LogP contribution in [0.25, 0.3) is 0 Å². The molecule has 19 heavy (non-hydrogen) atoms. The third kappa shape index (κ3) is 7.49. The zero-order valence-corrected chi connectivity index (χ0v) is 12.7. The molecule has 0 aliphatic heterocycles. The fourth-order valence-electron chi connectivity index (χ4n) is 1.43. The summed E-state index contributed by atoms with van der Waals surface area (Å²) in [6, 6.07) is 3.54. The van der Waals surface area contributed by atoms with E-state index in [1.165, 1.54) is 18.1 Å². The van der Waals surface area contributed by atoms with Crippen LogP contribution >= 0.6 is 0 Å². The predicted molar refractivity (Wildman–Crippen MR) is 84.9 cm³/mol. The van der Waals surface area contributed by atoms with Crippen molar-refractivity contribution in [3.8, 4) is 71.2 Å². The molecule has 0 radical (unpaired) electrons. The molecule has 0 aromatic carbocycles. The molecule has 0 aliphatic carbocycles. The van der Waals surface area contributed by atoms with Crippen molar-refractivity contribution in [1.82, 2.24) is 0 Å². The van der Waals surface area contributed by atoms with Crippen molar-refractivity contribution < 1.29 is 0 Å². The van der Waals surface area contributed by atoms with Crippen LogP contribution in [0.4, 0.5) is 0 Å². The van der Waals surface area contributed by atoms with Gasteiger partial charge in [0.05, 0.1) is 0 Å². The van der Waals surface area contributed by atoms with Crippen LogP contribution in [0.2, 0.25) is 18.1 Å². The summed E-state index contributed by atoms with van der Waals surface area (Å²) in [6.45, 7) is 6.65. The van der Waals surface area contributed by atoms with Gasteiger partial charge >= 0.3 is 0 Å². The topological polar surface area (TPSA) is 0 Å². The van der Waals surface area contributed by atoms with Crippen LogP contribution in [0, 0.1) is 71.2 Å². The summed E-state index contributed by atoms with van der Waals surface area (Å²) in [5.41, 5.74) is 3.37. The van der Waals surface area contributed by atoms with Gasteiger partial charge in [-0.15, -0.1) is 12.0 Å². The van der Waals surface area contributed by atoms with Crippen LogP contribution in [-0.4, -0.2) is 8.07 Å². The smallest absolute Gasteiger partial charge is 0.117 e. The Morgan fingerprint density at radius 3 is 1.37 bits per heavy atom. The lowest BCUT2D eigenvalue weighted by Crippen LogP contribution is -2.29. The van der Waals surface area contributed by atoms with Gasteiger partial charge in [0.1, 0.15) is 8.07 Å². The first-order chi connectivity index (χ1) is 9.24. The average molecular weight is 260 g/mol. The highest BCUT2D eigenvalue weighted by Gasteiger charge is 2.23. The molecule has 1 heteroatoms. The monoisotopic (exact) mass is 260 g/mol. The van der Waals surface area contributed by atoms with Crippen molar-refractivity contribution in [3.63, 3.8) is 0 Å². The molecular formula is C18H16Si. The lowest BCUT2D eigenvalue weighted by atomic mass is 10.5. The van der Waals surface area contributed by atoms with Crippen molar-refractivity contribution in [2.45, 2.75) is 38.9 Å². The number of hydrogen-bond donors (Lipinski definition) is 0. The largest absolute Gasteiger partial charge is 0.139 e. The van der Waals surface area contributed by atoms with Crippen molar-refractivity contribution in [2.24, 2.45) is 0 Å². The lowest BCUT2D eigenvalue weighted by Gasteiger charge is -2.19. The molecule has 0 aromatic rings. The Morgan fingerprint density at radius 1 is 0.632 bits per heavy atom. The average Bonchev–Trinajstić information content (AvgIpc) is 2.46. The van der Waals surface area contributed by atoms with Crippen LogP contribution in [0.3, 0.4) is 0 Å². The zero-order chi connectivity index (χ0) is 14.4. The van der Waals surface area contributed by atoms with E-state index in [-0.39, 0.29) is 0 Å². The van der Waals surface area contributed by atoms with Crippen molar-refractivity contribution >= 4 is 8.07 Å². The summed E-state index contributed by atoms with van der Waals surface area (Å²) in [5, 5.41) is 0. The van der Waals surface area contributed by atoms with Crippen molar-refractivity contribution in [2.75, 3.05) is 0 Å². The Morgan fingerprint density at radius 2 is 1.00 bits per heavy atom. The second-order valence-electron chi connectivity index (χ2n) is 3.74. The molecule has 0 rings (SSSR count). The maximum atomic E-state index is 4.93. The van der Waals surface area contributed by atoms with Crippen LogP contribution < -0.4 is 0 Å². The Kier molecular flexibility index (Phi) is 9.35. The fourth-order valence-corrected chi connectivity index (χ4v) is 3.79. The molecule has 0 atom stereocenters. The van der Waals surface area contributed by atoms with Gasteiger partial charge in [-0.25, -0.2) is 0 Å². The first-order valence-corrected chi connectivity index (χ1v) is 8.84. The molecule has 0 amide bonds. The van der Waals surface area contributed by atoms with Crippen LogP contribution in [-0.2, 0) is 0 Å². The summed E-state index contributed by atoms with van der Waals surface area (Å²) in [7, 11) is -1.38. The minimum absolute atomic E-state index is 1.18. The maximum Gasteiger partial charge on any atom is 0.139 e. The zero-order valence-electron chi connectivity index (χ0n) is 11.7. The van der Waals surface area contributed by atoms with Gasteiger partial charge in [-0.3, -0.25) is 0 Å². The van der Waals surface area contributed by atoms with Gasteiger partial charge < -0.3 is 0 Å². The molecule has 0 aromatic heterocycles. The first-order valence-electron chi connectivity index (χ1n) is 6.22. The lowest BCUT2D eigenvalue weighted by molar-refractivity contribution is 1.20. The molecule has 0 nitrogen and oxygen atoms in total. The Hall–Kier alpha value is -2.42. The summed E-state index contributed by atoms with van der Waals surface area (Å²) in [5.74, 6) is 25.6. The van der Waals surface area contributed by atoms with Crippen LogP contribution in [0.5, 0.6) is 0 Å². The molecule has 0 heterocycles. The van der Waals surface area contributed by atoms with Crippen LogP contribution in [0.15, 0.2) is 0 Å². The van der Waals surface area contributed by atoms with Gasteiger partial charge in [0.25, 0.3) is 0 Å². The van der Waals surface area contributed by atoms with Gasteiger partial charge in [0, 0.05) is 0 Å². The Balaban J connectivity index is 4.61. The van der Waals surface area contributed by atoms with E-state index in [0.29, 0.717) is 0 Å². The number of hydrogen-bond acceptors (Lipinski definition) is 0. The van der Waals surface area contributed by atoms with E-state index in [1.54, 1.807) is 0 Å². The quantitative estimate of drug-likeness (QED) is 0.540. The molecule has 92 valence electrons. The Labute approximate surface area is 118 Å². The van der Waals surface area contributed by atoms with Crippen LogP contribution in [0.1, 0.15) is 20.8 Å². The second-order valence-corrected chi connectivity index (χ2v) is 8.67. The number of rotatable bonds is 3. The van der Waals surface area contributed by atoms with E-state index < -0.39 is 8.07 Å². The maximum absolute atomic E-state index is 4.93. The van der Waals surface area contributed by atoms with Gasteiger partial charge in [0.2, 0.25) is 0 Å². The normalized spacial score (nSPS) is 7.26. The summed E-state index contributed by atoms with van der Waals surface area (Å²) < 4.78 is 0. The molecule has 0 unspecified atom stereocenters. The summed E-state index contributed by atoms with van der Waals surface area (Å²) in [4.78, 5) is 0. The molecule has 0 N–H and O–H groups in total. The molecule has 0 saturated heterocycles. The predicted octanol–water partition coefficient (Wildman–Crippen LogP) is 2.68. The van der Waals surface area contributed by atoms with Gasteiger partial charge in [-0.2, -0.15) is 0 Å². The molecule has 0 fully saturated rings. The fraction of sp³-hybridized carbons (Fsp3) is 0.333. The molecule has 0 aliphatic rings. The molecule has 0 saturated carbocycles. The molecule has 0 spiro atoms. The summed E-state index contributed by atoms with van der Waals surface area (Å²) in [6.07, 6.45) is 4.93. The van der Waals surface area contributed by atoms with Gasteiger partial charge in [0.15, 0.2) is 0 Å². The van der Waals surface area contributed by atoms with Crippen molar-refractivity contribution in [1.29, 1.82) is 0 Å². The highest BCUT2D eigenvalue weighted by atomic mass is 28.3. The summed E-state index contributed by atoms with van der Waals surface area (Å²) >= 11 is 0. The van der Waals surface area contributed by atoms with Gasteiger partial charge in [-0.05, 0) is 77.3 Å². The van der Waals surface area contributed by atoms with E-state index >= 15 is 0 Å². The first kappa shape index (κ1) is 16.6. The Bertz CT molecular complexity index is 619. The highest BCUT2D eigenvalue weighted by molar-refractivity contribution is 6.87. The van der Waals surface area contributed by atoms with E-state index in [4.69, 9.17) is 6.42 Å². The van der Waals surface area contributed by atoms with E-state index in [2.05, 4.69) is 85.5 Å².